The number of hydrogen-bond donors (Lipinski definition) is 3. The molecule has 0 aliphatic heterocycles. The summed E-state index contributed by atoms with van der Waals surface area (Å²) in [5.74, 6) is 0.807. The van der Waals surface area contributed by atoms with Crippen molar-refractivity contribution in [1.82, 2.24) is 16.0 Å². The standard InChI is InChI=1S/C23H38N4O2.HI/c1-4-14-25-21(28)20-10-8-9-19(16-20)17-26-22(24-5-2)27-18-23(13-15-29-3)11-6-7-12-23;/h8-10,16H,4-7,11-15,17-18H2,1-3H3,(H,25,28)(H2,24,26,27);1H. The Morgan fingerprint density at radius 3 is 2.60 bits per heavy atom. The van der Waals surface area contributed by atoms with Crippen LogP contribution in [0.15, 0.2) is 29.3 Å². The monoisotopic (exact) mass is 530 g/mol. The molecule has 0 radical (unpaired) electrons. The summed E-state index contributed by atoms with van der Waals surface area (Å²) in [6.45, 7) is 7.90. The number of amides is 1. The molecule has 0 heterocycles. The first-order chi connectivity index (χ1) is 14.1. The van der Waals surface area contributed by atoms with E-state index < -0.39 is 0 Å². The van der Waals surface area contributed by atoms with Gasteiger partial charge in [-0.3, -0.25) is 4.79 Å². The minimum atomic E-state index is -0.0240. The van der Waals surface area contributed by atoms with Gasteiger partial charge < -0.3 is 20.7 Å². The van der Waals surface area contributed by atoms with E-state index in [1.165, 1.54) is 25.7 Å². The lowest BCUT2D eigenvalue weighted by molar-refractivity contribution is 0.0953. The highest BCUT2D eigenvalue weighted by Crippen LogP contribution is 2.40. The maximum atomic E-state index is 12.2. The molecule has 1 aliphatic rings. The molecule has 1 fully saturated rings. The van der Waals surface area contributed by atoms with E-state index >= 15 is 0 Å². The van der Waals surface area contributed by atoms with Crippen molar-refractivity contribution >= 4 is 35.8 Å². The van der Waals surface area contributed by atoms with E-state index in [-0.39, 0.29) is 29.9 Å². The van der Waals surface area contributed by atoms with Gasteiger partial charge in [0.15, 0.2) is 5.96 Å². The Hall–Kier alpha value is -1.35. The van der Waals surface area contributed by atoms with Crippen LogP contribution in [-0.4, -0.2) is 45.2 Å². The van der Waals surface area contributed by atoms with E-state index in [1.54, 1.807) is 7.11 Å². The Bertz CT molecular complexity index is 660. The largest absolute Gasteiger partial charge is 0.385 e. The lowest BCUT2D eigenvalue weighted by atomic mass is 9.83. The van der Waals surface area contributed by atoms with Gasteiger partial charge in [0.2, 0.25) is 0 Å². The molecule has 170 valence electrons. The number of ether oxygens (including phenoxy) is 1. The van der Waals surface area contributed by atoms with E-state index in [9.17, 15) is 4.79 Å². The van der Waals surface area contributed by atoms with Crippen LogP contribution in [0.2, 0.25) is 0 Å². The zero-order valence-electron chi connectivity index (χ0n) is 18.8. The molecule has 0 atom stereocenters. The minimum Gasteiger partial charge on any atom is -0.385 e. The number of carbonyl (C=O) groups excluding carboxylic acids is 1. The third-order valence-electron chi connectivity index (χ3n) is 5.62. The SMILES string of the molecule is CCCNC(=O)c1cccc(CN=C(NCC)NCC2(CCOC)CCCC2)c1.I. The van der Waals surface area contributed by atoms with Gasteiger partial charge in [0.25, 0.3) is 5.91 Å². The minimum absolute atomic E-state index is 0. The van der Waals surface area contributed by atoms with Crippen LogP contribution in [-0.2, 0) is 11.3 Å². The second-order valence-electron chi connectivity index (χ2n) is 7.95. The molecule has 0 unspecified atom stereocenters. The predicted molar refractivity (Wildman–Crippen MR) is 135 cm³/mol. The maximum absolute atomic E-state index is 12.2. The summed E-state index contributed by atoms with van der Waals surface area (Å²) in [7, 11) is 1.78. The number of guanidine groups is 1. The summed E-state index contributed by atoms with van der Waals surface area (Å²) in [6, 6.07) is 7.71. The molecular formula is C23H39IN4O2. The van der Waals surface area contributed by atoms with Crippen LogP contribution in [0.5, 0.6) is 0 Å². The summed E-state index contributed by atoms with van der Waals surface area (Å²) in [4.78, 5) is 16.9. The van der Waals surface area contributed by atoms with Crippen LogP contribution >= 0.6 is 24.0 Å². The highest BCUT2D eigenvalue weighted by molar-refractivity contribution is 14.0. The molecule has 0 bridgehead atoms. The first-order valence-corrected chi connectivity index (χ1v) is 11.0. The molecule has 30 heavy (non-hydrogen) atoms. The van der Waals surface area contributed by atoms with Crippen LogP contribution in [0, 0.1) is 5.41 Å². The fourth-order valence-electron chi connectivity index (χ4n) is 3.89. The van der Waals surface area contributed by atoms with E-state index in [1.807, 2.05) is 31.2 Å². The Morgan fingerprint density at radius 2 is 1.93 bits per heavy atom. The number of methoxy groups -OCH3 is 1. The van der Waals surface area contributed by atoms with E-state index in [0.29, 0.717) is 24.1 Å². The van der Waals surface area contributed by atoms with Crippen LogP contribution in [0.25, 0.3) is 0 Å². The normalized spacial score (nSPS) is 15.4. The predicted octanol–water partition coefficient (Wildman–Crippen LogP) is 4.10. The molecule has 1 aromatic rings. The number of hydrogen-bond acceptors (Lipinski definition) is 3. The number of benzene rings is 1. The van der Waals surface area contributed by atoms with E-state index in [2.05, 4.69) is 22.9 Å². The summed E-state index contributed by atoms with van der Waals surface area (Å²) in [6.07, 6.45) is 7.11. The van der Waals surface area contributed by atoms with Gasteiger partial charge in [-0.1, -0.05) is 31.9 Å². The molecule has 1 aliphatic carbocycles. The molecule has 0 aromatic heterocycles. The van der Waals surface area contributed by atoms with Gasteiger partial charge in [0.1, 0.15) is 0 Å². The van der Waals surface area contributed by atoms with Gasteiger partial charge in [-0.05, 0) is 55.7 Å². The van der Waals surface area contributed by atoms with Crippen molar-refractivity contribution in [3.05, 3.63) is 35.4 Å². The fraction of sp³-hybridized carbons (Fsp3) is 0.652. The van der Waals surface area contributed by atoms with Crippen LogP contribution in [0.3, 0.4) is 0 Å². The maximum Gasteiger partial charge on any atom is 0.251 e. The first kappa shape index (κ1) is 26.7. The molecule has 1 amide bonds. The molecule has 0 spiro atoms. The number of carbonyl (C=O) groups is 1. The van der Waals surface area contributed by atoms with Gasteiger partial charge in [-0.15, -0.1) is 24.0 Å². The average Bonchev–Trinajstić information content (AvgIpc) is 3.22. The number of halogens is 1. The first-order valence-electron chi connectivity index (χ1n) is 11.0. The second-order valence-corrected chi connectivity index (χ2v) is 7.95. The number of nitrogens with zero attached hydrogens (tertiary/aromatic N) is 1. The van der Waals surface area contributed by atoms with E-state index in [4.69, 9.17) is 9.73 Å². The van der Waals surface area contributed by atoms with E-state index in [0.717, 1.165) is 44.1 Å². The number of nitrogens with one attached hydrogen (secondary N) is 3. The van der Waals surface area contributed by atoms with Crippen molar-refractivity contribution in [3.8, 4) is 0 Å². The molecule has 1 saturated carbocycles. The Morgan fingerprint density at radius 1 is 1.17 bits per heavy atom. The molecule has 6 nitrogen and oxygen atoms in total. The third kappa shape index (κ3) is 8.79. The Kier molecular flexibility index (Phi) is 13.0. The lowest BCUT2D eigenvalue weighted by Gasteiger charge is -2.30. The highest BCUT2D eigenvalue weighted by Gasteiger charge is 2.33. The smallest absolute Gasteiger partial charge is 0.251 e. The molecule has 3 N–H and O–H groups in total. The summed E-state index contributed by atoms with van der Waals surface area (Å²) < 4.78 is 5.34. The number of aliphatic imine (C=N–C) groups is 1. The van der Waals surface area contributed by atoms with Crippen LogP contribution in [0.4, 0.5) is 0 Å². The van der Waals surface area contributed by atoms with Gasteiger partial charge in [0.05, 0.1) is 6.54 Å². The van der Waals surface area contributed by atoms with Crippen molar-refractivity contribution in [1.29, 1.82) is 0 Å². The van der Waals surface area contributed by atoms with Gasteiger partial charge in [-0.25, -0.2) is 4.99 Å². The lowest BCUT2D eigenvalue weighted by Crippen LogP contribution is -2.43. The molecule has 2 rings (SSSR count). The van der Waals surface area contributed by atoms with Crippen molar-refractivity contribution < 1.29 is 9.53 Å². The van der Waals surface area contributed by atoms with Crippen molar-refractivity contribution in [2.45, 2.75) is 58.9 Å². The molecular weight excluding hydrogens is 491 g/mol. The van der Waals surface area contributed by atoms with Gasteiger partial charge in [0, 0.05) is 38.9 Å². The van der Waals surface area contributed by atoms with Crippen molar-refractivity contribution in [2.24, 2.45) is 10.4 Å². The quantitative estimate of drug-likeness (QED) is 0.229. The summed E-state index contributed by atoms with van der Waals surface area (Å²) in [5.41, 5.74) is 2.03. The van der Waals surface area contributed by atoms with Gasteiger partial charge in [-0.2, -0.15) is 0 Å². The number of rotatable bonds is 11. The average molecular weight is 530 g/mol. The topological polar surface area (TPSA) is 74.8 Å². The second kappa shape index (κ2) is 14.6. The van der Waals surface area contributed by atoms with Crippen LogP contribution < -0.4 is 16.0 Å². The van der Waals surface area contributed by atoms with Crippen molar-refractivity contribution in [2.75, 3.05) is 33.4 Å². The summed E-state index contributed by atoms with van der Waals surface area (Å²) in [5, 5.41) is 9.82. The van der Waals surface area contributed by atoms with Gasteiger partial charge >= 0.3 is 0 Å². The van der Waals surface area contributed by atoms with Crippen LogP contribution in [0.1, 0.15) is 68.3 Å². The zero-order chi connectivity index (χ0) is 21.0. The Labute approximate surface area is 199 Å². The molecule has 0 saturated heterocycles. The fourth-order valence-corrected chi connectivity index (χ4v) is 3.89. The summed E-state index contributed by atoms with van der Waals surface area (Å²) >= 11 is 0. The van der Waals surface area contributed by atoms with Crippen molar-refractivity contribution in [3.63, 3.8) is 0 Å². The highest BCUT2D eigenvalue weighted by atomic mass is 127. The molecule has 1 aromatic carbocycles. The Balaban J connectivity index is 0.00000450. The third-order valence-corrected chi connectivity index (χ3v) is 5.62. The zero-order valence-corrected chi connectivity index (χ0v) is 21.1. The molecule has 7 heteroatoms.